The van der Waals surface area contributed by atoms with Crippen LogP contribution in [0.3, 0.4) is 0 Å². The summed E-state index contributed by atoms with van der Waals surface area (Å²) < 4.78 is 96.1. The molecule has 56 heavy (non-hydrogen) atoms. The molecule has 0 atom stereocenters. The van der Waals surface area contributed by atoms with Gasteiger partial charge in [-0.3, -0.25) is 14.4 Å². The summed E-state index contributed by atoms with van der Waals surface area (Å²) in [6.45, 7) is 8.85. The Labute approximate surface area is 314 Å². The lowest BCUT2D eigenvalue weighted by Gasteiger charge is -2.06. The molecule has 0 fully saturated rings. The minimum Gasteiger partial charge on any atom is -0.419 e. The molecule has 0 unspecified atom stereocenters. The van der Waals surface area contributed by atoms with Gasteiger partial charge in [0.1, 0.15) is 34.1 Å². The molecular weight excluding hydrogens is 750 g/mol. The van der Waals surface area contributed by atoms with E-state index in [2.05, 4.69) is 0 Å². The number of fused-ring (bicyclic) bond motifs is 3. The molecule has 0 saturated carbocycles. The van der Waals surface area contributed by atoms with E-state index in [1.165, 1.54) is 32.0 Å². The Morgan fingerprint density at radius 1 is 0.482 bits per heavy atom. The van der Waals surface area contributed by atoms with Gasteiger partial charge in [-0.15, -0.1) is 0 Å². The van der Waals surface area contributed by atoms with E-state index in [4.69, 9.17) is 13.3 Å². The zero-order chi connectivity index (χ0) is 41.0. The van der Waals surface area contributed by atoms with Crippen molar-refractivity contribution in [1.29, 1.82) is 0 Å². The second-order valence-corrected chi connectivity index (χ2v) is 12.0. The predicted molar refractivity (Wildman–Crippen MR) is 197 cm³/mol. The molecule has 3 aromatic carbocycles. The molecule has 0 radical (unpaired) electrons. The molecule has 9 nitrogen and oxygen atoms in total. The minimum atomic E-state index is -0.919. The lowest BCUT2D eigenvalue weighted by atomic mass is 10.1. The van der Waals surface area contributed by atoms with E-state index in [1.807, 2.05) is 0 Å². The van der Waals surface area contributed by atoms with Crippen LogP contribution in [0, 0.1) is 48.8 Å². The third-order valence-corrected chi connectivity index (χ3v) is 8.52. The van der Waals surface area contributed by atoms with E-state index >= 15 is 0 Å². The maximum Gasteiger partial charge on any atom is 0.347 e. The number of carbonyl (C=O) groups excluding carboxylic acids is 3. The normalized spacial score (nSPS) is 10.7. The lowest BCUT2D eigenvalue weighted by molar-refractivity contribution is 0.0976. The summed E-state index contributed by atoms with van der Waals surface area (Å²) in [5.41, 5.74) is -4.80. The average molecular weight is 787 g/mol. The van der Waals surface area contributed by atoms with Gasteiger partial charge in [0.15, 0.2) is 51.6 Å². The van der Waals surface area contributed by atoms with Gasteiger partial charge in [0.05, 0.1) is 0 Å². The Kier molecular flexibility index (Phi) is 14.2. The third kappa shape index (κ3) is 8.72. The fraction of sp³-hybridized carbons (Fsp3) is 0.268. The summed E-state index contributed by atoms with van der Waals surface area (Å²) in [7, 11) is 0. The number of rotatable bonds is 7. The molecule has 296 valence electrons. The van der Waals surface area contributed by atoms with E-state index < -0.39 is 69.1 Å². The molecule has 3 heterocycles. The largest absolute Gasteiger partial charge is 0.419 e. The van der Waals surface area contributed by atoms with Crippen LogP contribution in [-0.4, -0.2) is 17.3 Å². The standard InChI is InChI=1S/C14H12F2O3.2C13H10F2O3.CH4/c1-3-8-10(15)6-7-5-9(11(17)4-2)14(18)19-13(7)12(8)16;2*1-3-10(16)8-4-7-5-9(14)6(2)11(15)12(7)18-13(8)17;/h5-6H,3-4H2,1-2H3;2*4-5H,3H2,1-2H3;1H4. The van der Waals surface area contributed by atoms with Crippen molar-refractivity contribution in [3.63, 3.8) is 0 Å². The van der Waals surface area contributed by atoms with E-state index in [0.29, 0.717) is 0 Å². The minimum absolute atomic E-state index is 0. The van der Waals surface area contributed by atoms with E-state index in [9.17, 15) is 55.1 Å². The number of hydrogen-bond acceptors (Lipinski definition) is 9. The van der Waals surface area contributed by atoms with Gasteiger partial charge in [-0.05, 0) is 56.7 Å². The monoisotopic (exact) mass is 786 g/mol. The quantitative estimate of drug-likeness (QED) is 0.0878. The van der Waals surface area contributed by atoms with Crippen LogP contribution in [0.4, 0.5) is 26.3 Å². The first-order valence-corrected chi connectivity index (χ1v) is 16.8. The zero-order valence-corrected chi connectivity index (χ0v) is 30.2. The molecule has 0 aliphatic rings. The first kappa shape index (κ1) is 44.3. The molecule has 0 amide bonds. The molecule has 0 aliphatic heterocycles. The molecule has 6 aromatic rings. The highest BCUT2D eigenvalue weighted by molar-refractivity contribution is 5.99. The highest BCUT2D eigenvalue weighted by Crippen LogP contribution is 2.26. The second kappa shape index (κ2) is 18.0. The van der Waals surface area contributed by atoms with Gasteiger partial charge in [-0.25, -0.2) is 40.7 Å². The van der Waals surface area contributed by atoms with Crippen molar-refractivity contribution in [2.75, 3.05) is 0 Å². The van der Waals surface area contributed by atoms with E-state index in [1.54, 1.807) is 27.7 Å². The molecule has 0 spiro atoms. The SMILES string of the molecule is C.CCC(=O)c1cc2cc(F)c(C)c(F)c2oc1=O.CCC(=O)c1cc2cc(F)c(C)c(F)c2oc1=O.CCC(=O)c1cc2cc(F)c(CC)c(F)c2oc1=O. The van der Waals surface area contributed by atoms with E-state index in [0.717, 1.165) is 18.2 Å². The van der Waals surface area contributed by atoms with Crippen LogP contribution in [0.1, 0.15) is 102 Å². The summed E-state index contributed by atoms with van der Waals surface area (Å²) in [6, 6.07) is 6.68. The Bertz CT molecular complexity index is 2590. The summed E-state index contributed by atoms with van der Waals surface area (Å²) in [5.74, 6) is -6.20. The van der Waals surface area contributed by atoms with Gasteiger partial charge in [0, 0.05) is 52.1 Å². The van der Waals surface area contributed by atoms with Crippen molar-refractivity contribution < 1.29 is 54.0 Å². The summed E-state index contributed by atoms with van der Waals surface area (Å²) >= 11 is 0. The van der Waals surface area contributed by atoms with Crippen molar-refractivity contribution in [3.05, 3.63) is 136 Å². The van der Waals surface area contributed by atoms with Gasteiger partial charge in [-0.1, -0.05) is 35.1 Å². The van der Waals surface area contributed by atoms with Crippen LogP contribution < -0.4 is 16.9 Å². The van der Waals surface area contributed by atoms with Crippen molar-refractivity contribution in [3.8, 4) is 0 Å². The predicted octanol–water partition coefficient (Wildman–Crippen LogP) is 9.81. The van der Waals surface area contributed by atoms with Crippen LogP contribution in [0.2, 0.25) is 0 Å². The lowest BCUT2D eigenvalue weighted by Crippen LogP contribution is -2.13. The Hall–Kier alpha value is -6.12. The fourth-order valence-corrected chi connectivity index (χ4v) is 5.28. The van der Waals surface area contributed by atoms with Crippen LogP contribution in [0.25, 0.3) is 32.9 Å². The zero-order valence-electron chi connectivity index (χ0n) is 30.2. The summed E-state index contributed by atoms with van der Waals surface area (Å²) in [5, 5.41) is 0.197. The molecule has 0 saturated heterocycles. The Balaban J connectivity index is 0.000000223. The number of carbonyl (C=O) groups is 3. The Morgan fingerprint density at radius 3 is 1.05 bits per heavy atom. The van der Waals surface area contributed by atoms with Gasteiger partial charge < -0.3 is 13.3 Å². The second-order valence-electron chi connectivity index (χ2n) is 12.0. The first-order valence-electron chi connectivity index (χ1n) is 16.8. The van der Waals surface area contributed by atoms with E-state index in [-0.39, 0.29) is 99.4 Å². The number of Topliss-reactive ketones (excluding diaryl/α,β-unsaturated/α-hetero) is 3. The number of halogens is 6. The number of benzene rings is 3. The van der Waals surface area contributed by atoms with Crippen LogP contribution in [0.5, 0.6) is 0 Å². The number of ketones is 3. The maximum absolute atomic E-state index is 14.0. The maximum atomic E-state index is 14.0. The summed E-state index contributed by atoms with van der Waals surface area (Å²) in [4.78, 5) is 69.1. The molecule has 0 N–H and O–H groups in total. The van der Waals surface area contributed by atoms with Gasteiger partial charge in [-0.2, -0.15) is 0 Å². The number of hydrogen-bond donors (Lipinski definition) is 0. The smallest absolute Gasteiger partial charge is 0.347 e. The van der Waals surface area contributed by atoms with Gasteiger partial charge in [0.2, 0.25) is 0 Å². The van der Waals surface area contributed by atoms with Crippen molar-refractivity contribution in [2.45, 2.75) is 74.7 Å². The molecular formula is C41H36F6O9. The van der Waals surface area contributed by atoms with Crippen LogP contribution in [0.15, 0.2) is 64.0 Å². The van der Waals surface area contributed by atoms with Crippen LogP contribution in [-0.2, 0) is 6.42 Å². The molecule has 6 rings (SSSR count). The topological polar surface area (TPSA) is 142 Å². The Morgan fingerprint density at radius 2 is 0.768 bits per heavy atom. The molecule has 0 bridgehead atoms. The van der Waals surface area contributed by atoms with Gasteiger partial charge >= 0.3 is 16.9 Å². The average Bonchev–Trinajstić information content (AvgIpc) is 3.16. The molecule has 0 aliphatic carbocycles. The van der Waals surface area contributed by atoms with Crippen molar-refractivity contribution in [1.82, 2.24) is 0 Å². The highest BCUT2D eigenvalue weighted by Gasteiger charge is 2.20. The first-order chi connectivity index (χ1) is 25.9. The molecule has 15 heteroatoms. The highest BCUT2D eigenvalue weighted by atomic mass is 19.2. The van der Waals surface area contributed by atoms with Gasteiger partial charge in [0.25, 0.3) is 0 Å². The van der Waals surface area contributed by atoms with Crippen LogP contribution >= 0.6 is 0 Å². The van der Waals surface area contributed by atoms with Crippen molar-refractivity contribution in [2.24, 2.45) is 0 Å². The fourth-order valence-electron chi connectivity index (χ4n) is 5.28. The summed E-state index contributed by atoms with van der Waals surface area (Å²) in [6.07, 6.45) is 0.501. The van der Waals surface area contributed by atoms with Crippen molar-refractivity contribution >= 4 is 50.3 Å². The third-order valence-electron chi connectivity index (χ3n) is 8.52. The molecule has 3 aromatic heterocycles.